The van der Waals surface area contributed by atoms with Gasteiger partial charge in [0.05, 0.1) is 11.9 Å². The number of hydrogen-bond donors (Lipinski definition) is 3. The molecule has 0 aliphatic carbocycles. The second kappa shape index (κ2) is 7.48. The van der Waals surface area contributed by atoms with E-state index in [1.54, 1.807) is 16.9 Å². The van der Waals surface area contributed by atoms with Crippen molar-refractivity contribution < 1.29 is 5.11 Å². The fraction of sp³-hybridized carbons (Fsp3) is 0.409. The molecule has 2 aliphatic heterocycles. The van der Waals surface area contributed by atoms with Crippen molar-refractivity contribution in [2.24, 2.45) is 13.0 Å². The van der Waals surface area contributed by atoms with Crippen LogP contribution in [-0.2, 0) is 7.05 Å². The summed E-state index contributed by atoms with van der Waals surface area (Å²) in [6, 6.07) is 10.8. The maximum atomic E-state index is 10.5. The van der Waals surface area contributed by atoms with E-state index in [-0.39, 0.29) is 5.75 Å². The lowest BCUT2D eigenvalue weighted by atomic mass is 9.92. The highest BCUT2D eigenvalue weighted by Gasteiger charge is 2.33. The molecule has 29 heavy (non-hydrogen) atoms. The number of phenolic OH excluding ortho intramolecular Hbond substituents is 1. The van der Waals surface area contributed by atoms with Crippen LogP contribution in [0.2, 0.25) is 0 Å². The Bertz CT molecular complexity index is 987. The highest BCUT2D eigenvalue weighted by Crippen LogP contribution is 2.33. The molecule has 0 amide bonds. The molecule has 1 aromatic carbocycles. The summed E-state index contributed by atoms with van der Waals surface area (Å²) in [5, 5.41) is 30.4. The Morgan fingerprint density at radius 1 is 1.10 bits per heavy atom. The van der Waals surface area contributed by atoms with E-state index in [0.717, 1.165) is 23.5 Å². The maximum Gasteiger partial charge on any atom is 0.148 e. The van der Waals surface area contributed by atoms with Crippen molar-refractivity contribution in [1.82, 2.24) is 25.3 Å². The number of anilines is 1. The Labute approximate surface area is 170 Å². The van der Waals surface area contributed by atoms with E-state index in [9.17, 15) is 5.11 Å². The molecule has 2 bridgehead atoms. The Hall–Kier alpha value is -2.93. The van der Waals surface area contributed by atoms with E-state index < -0.39 is 0 Å². The van der Waals surface area contributed by atoms with Gasteiger partial charge in [0.2, 0.25) is 0 Å². The SMILES string of the molecule is Cn1cc(-c2ccc(-c3ccc(NCC4CC5CCC(C4)N5)nn3)c(O)c2)cn1. The van der Waals surface area contributed by atoms with Gasteiger partial charge in [-0.2, -0.15) is 5.10 Å². The Morgan fingerprint density at radius 2 is 1.93 bits per heavy atom. The highest BCUT2D eigenvalue weighted by atomic mass is 16.3. The van der Waals surface area contributed by atoms with Crippen LogP contribution in [0.4, 0.5) is 5.82 Å². The molecular formula is C22H26N6O. The summed E-state index contributed by atoms with van der Waals surface area (Å²) in [5.41, 5.74) is 3.21. The van der Waals surface area contributed by atoms with Gasteiger partial charge in [-0.1, -0.05) is 6.07 Å². The average Bonchev–Trinajstić information content (AvgIpc) is 3.31. The fourth-order valence-corrected chi connectivity index (χ4v) is 4.66. The number of benzene rings is 1. The molecule has 0 saturated carbocycles. The molecule has 2 atom stereocenters. The first-order chi connectivity index (χ1) is 14.1. The average molecular weight is 390 g/mol. The van der Waals surface area contributed by atoms with E-state index in [0.29, 0.717) is 29.3 Å². The standard InChI is InChI=1S/C22H26N6O/c1-28-13-16(12-24-28)15-2-5-19(21(29)10-15)20-6-7-22(27-26-20)23-11-14-8-17-3-4-18(9-14)25-17/h2,5-7,10,12-14,17-18,25,29H,3-4,8-9,11H2,1H3,(H,23,27). The smallest absolute Gasteiger partial charge is 0.148 e. The molecule has 2 aromatic heterocycles. The number of piperidine rings is 1. The van der Waals surface area contributed by atoms with Crippen molar-refractivity contribution in [3.8, 4) is 28.1 Å². The lowest BCUT2D eigenvalue weighted by Gasteiger charge is -2.29. The molecule has 2 unspecified atom stereocenters. The number of aryl methyl sites for hydroxylation is 1. The van der Waals surface area contributed by atoms with Crippen molar-refractivity contribution >= 4 is 5.82 Å². The van der Waals surface area contributed by atoms with Crippen LogP contribution in [0, 0.1) is 5.92 Å². The van der Waals surface area contributed by atoms with Gasteiger partial charge < -0.3 is 15.7 Å². The molecule has 3 N–H and O–H groups in total. The number of hydrogen-bond acceptors (Lipinski definition) is 6. The summed E-state index contributed by atoms with van der Waals surface area (Å²) in [5.74, 6) is 1.66. The van der Waals surface area contributed by atoms with Gasteiger partial charge in [-0.3, -0.25) is 4.68 Å². The third-order valence-corrected chi connectivity index (χ3v) is 6.12. The first-order valence-corrected chi connectivity index (χ1v) is 10.3. The molecule has 7 nitrogen and oxygen atoms in total. The molecule has 2 fully saturated rings. The van der Waals surface area contributed by atoms with Crippen LogP contribution in [0.15, 0.2) is 42.7 Å². The van der Waals surface area contributed by atoms with E-state index in [1.807, 2.05) is 37.5 Å². The van der Waals surface area contributed by atoms with Gasteiger partial charge in [-0.25, -0.2) is 0 Å². The maximum absolute atomic E-state index is 10.5. The molecule has 2 aliphatic rings. The predicted molar refractivity (Wildman–Crippen MR) is 112 cm³/mol. The highest BCUT2D eigenvalue weighted by molar-refractivity contribution is 5.73. The largest absolute Gasteiger partial charge is 0.507 e. The third-order valence-electron chi connectivity index (χ3n) is 6.12. The van der Waals surface area contributed by atoms with Crippen LogP contribution in [-0.4, -0.2) is 43.7 Å². The van der Waals surface area contributed by atoms with Crippen LogP contribution in [0.1, 0.15) is 25.7 Å². The number of nitrogens with zero attached hydrogens (tertiary/aromatic N) is 4. The van der Waals surface area contributed by atoms with Crippen LogP contribution >= 0.6 is 0 Å². The zero-order valence-electron chi connectivity index (χ0n) is 16.5. The van der Waals surface area contributed by atoms with Crippen LogP contribution in [0.5, 0.6) is 5.75 Å². The quantitative estimate of drug-likeness (QED) is 0.620. The zero-order chi connectivity index (χ0) is 19.8. The summed E-state index contributed by atoms with van der Waals surface area (Å²) in [7, 11) is 1.87. The number of fused-ring (bicyclic) bond motifs is 2. The molecule has 5 rings (SSSR count). The molecule has 150 valence electrons. The molecule has 3 aromatic rings. The molecule has 0 radical (unpaired) electrons. The van der Waals surface area contributed by atoms with E-state index >= 15 is 0 Å². The minimum Gasteiger partial charge on any atom is -0.507 e. The summed E-state index contributed by atoms with van der Waals surface area (Å²) < 4.78 is 1.74. The van der Waals surface area contributed by atoms with Crippen LogP contribution in [0.25, 0.3) is 22.4 Å². The van der Waals surface area contributed by atoms with Gasteiger partial charge >= 0.3 is 0 Å². The minimum atomic E-state index is 0.187. The first kappa shape index (κ1) is 18.1. The summed E-state index contributed by atoms with van der Waals surface area (Å²) in [4.78, 5) is 0. The Morgan fingerprint density at radius 3 is 2.59 bits per heavy atom. The summed E-state index contributed by atoms with van der Waals surface area (Å²) >= 11 is 0. The second-order valence-corrected chi connectivity index (χ2v) is 8.29. The first-order valence-electron chi connectivity index (χ1n) is 10.3. The fourth-order valence-electron chi connectivity index (χ4n) is 4.66. The Balaban J connectivity index is 1.25. The zero-order valence-corrected chi connectivity index (χ0v) is 16.5. The van der Waals surface area contributed by atoms with Crippen LogP contribution < -0.4 is 10.6 Å². The van der Waals surface area contributed by atoms with E-state index in [4.69, 9.17) is 0 Å². The van der Waals surface area contributed by atoms with Crippen molar-refractivity contribution in [1.29, 1.82) is 0 Å². The number of phenols is 1. The van der Waals surface area contributed by atoms with E-state index in [1.165, 1.54) is 25.7 Å². The van der Waals surface area contributed by atoms with Gasteiger partial charge in [0.1, 0.15) is 11.6 Å². The lowest BCUT2D eigenvalue weighted by Crippen LogP contribution is -2.40. The van der Waals surface area contributed by atoms with Crippen LogP contribution in [0.3, 0.4) is 0 Å². The van der Waals surface area contributed by atoms with Crippen molar-refractivity contribution in [2.45, 2.75) is 37.8 Å². The van der Waals surface area contributed by atoms with Crippen molar-refractivity contribution in [3.63, 3.8) is 0 Å². The number of nitrogens with one attached hydrogen (secondary N) is 2. The van der Waals surface area contributed by atoms with Gasteiger partial charge in [0.25, 0.3) is 0 Å². The second-order valence-electron chi connectivity index (χ2n) is 8.29. The topological polar surface area (TPSA) is 87.9 Å². The number of rotatable bonds is 5. The molecule has 4 heterocycles. The lowest BCUT2D eigenvalue weighted by molar-refractivity contribution is 0.311. The van der Waals surface area contributed by atoms with Gasteiger partial charge in [-0.15, -0.1) is 10.2 Å². The molecular weight excluding hydrogens is 364 g/mol. The monoisotopic (exact) mass is 390 g/mol. The Kier molecular flexibility index (Phi) is 4.67. The normalized spacial score (nSPS) is 23.3. The van der Waals surface area contributed by atoms with Gasteiger partial charge in [0.15, 0.2) is 0 Å². The summed E-state index contributed by atoms with van der Waals surface area (Å²) in [6.07, 6.45) is 8.82. The molecule has 7 heteroatoms. The van der Waals surface area contributed by atoms with E-state index in [2.05, 4.69) is 25.9 Å². The van der Waals surface area contributed by atoms with Gasteiger partial charge in [-0.05, 0) is 61.4 Å². The summed E-state index contributed by atoms with van der Waals surface area (Å²) in [6.45, 7) is 0.938. The molecule has 0 spiro atoms. The number of aromatic nitrogens is 4. The van der Waals surface area contributed by atoms with Gasteiger partial charge in [0, 0.05) is 43.0 Å². The van der Waals surface area contributed by atoms with Crippen molar-refractivity contribution in [3.05, 3.63) is 42.7 Å². The molecule has 2 saturated heterocycles. The number of aromatic hydroxyl groups is 1. The third kappa shape index (κ3) is 3.82. The van der Waals surface area contributed by atoms with Crippen molar-refractivity contribution in [2.75, 3.05) is 11.9 Å². The predicted octanol–water partition coefficient (Wildman–Crippen LogP) is 3.19. The minimum absolute atomic E-state index is 0.187.